The molecule has 4 heteroatoms. The van der Waals surface area contributed by atoms with Crippen LogP contribution < -0.4 is 0 Å². The van der Waals surface area contributed by atoms with Gasteiger partial charge in [0, 0.05) is 32.7 Å². The Balaban J connectivity index is 2.14. The maximum atomic E-state index is 11.8. The van der Waals surface area contributed by atoms with Gasteiger partial charge in [-0.2, -0.15) is 0 Å². The van der Waals surface area contributed by atoms with Gasteiger partial charge in [0.05, 0.1) is 6.10 Å². The van der Waals surface area contributed by atoms with Crippen LogP contribution in [0.2, 0.25) is 0 Å². The molecule has 100 valence electrons. The van der Waals surface area contributed by atoms with E-state index in [1.165, 1.54) is 0 Å². The van der Waals surface area contributed by atoms with Crippen molar-refractivity contribution < 1.29 is 14.6 Å². The minimum atomic E-state index is 0.189. The molecule has 1 aliphatic heterocycles. The van der Waals surface area contributed by atoms with Crippen molar-refractivity contribution in [3.63, 3.8) is 0 Å². The molecule has 4 nitrogen and oxygen atoms in total. The Labute approximate surface area is 104 Å². The molecule has 0 unspecified atom stereocenters. The van der Waals surface area contributed by atoms with Crippen molar-refractivity contribution in [3.8, 4) is 0 Å². The summed E-state index contributed by atoms with van der Waals surface area (Å²) in [6.45, 7) is 4.58. The summed E-state index contributed by atoms with van der Waals surface area (Å²) in [5, 5.41) is 8.66. The zero-order chi connectivity index (χ0) is 12.5. The number of likely N-dealkylation sites (tertiary alicyclic amines) is 1. The highest BCUT2D eigenvalue weighted by Gasteiger charge is 2.22. The van der Waals surface area contributed by atoms with E-state index in [2.05, 4.69) is 6.92 Å². The molecular formula is C13H25NO3. The first kappa shape index (κ1) is 14.5. The van der Waals surface area contributed by atoms with Crippen LogP contribution in [0.4, 0.5) is 0 Å². The molecule has 0 aliphatic carbocycles. The number of unbranched alkanes of at least 4 members (excludes halogenated alkanes) is 1. The van der Waals surface area contributed by atoms with Gasteiger partial charge in [0.1, 0.15) is 0 Å². The number of piperidine rings is 1. The van der Waals surface area contributed by atoms with Gasteiger partial charge in [-0.15, -0.1) is 0 Å². The van der Waals surface area contributed by atoms with E-state index in [-0.39, 0.29) is 12.7 Å². The summed E-state index contributed by atoms with van der Waals surface area (Å²) in [5.74, 6) is 0.292. The van der Waals surface area contributed by atoms with Crippen molar-refractivity contribution in [2.75, 3.05) is 26.3 Å². The zero-order valence-corrected chi connectivity index (χ0v) is 10.9. The van der Waals surface area contributed by atoms with Crippen molar-refractivity contribution in [1.82, 2.24) is 4.90 Å². The summed E-state index contributed by atoms with van der Waals surface area (Å²) in [5.41, 5.74) is 0. The second-order valence-corrected chi connectivity index (χ2v) is 4.63. The molecule has 0 saturated carbocycles. The minimum Gasteiger partial charge on any atom is -0.396 e. The predicted molar refractivity (Wildman–Crippen MR) is 66.8 cm³/mol. The second-order valence-electron chi connectivity index (χ2n) is 4.63. The van der Waals surface area contributed by atoms with Gasteiger partial charge < -0.3 is 14.7 Å². The Bertz CT molecular complexity index is 213. The van der Waals surface area contributed by atoms with E-state index in [4.69, 9.17) is 9.84 Å². The van der Waals surface area contributed by atoms with Crippen LogP contribution in [-0.4, -0.2) is 48.3 Å². The average molecular weight is 243 g/mol. The summed E-state index contributed by atoms with van der Waals surface area (Å²) in [7, 11) is 0. The number of amides is 1. The number of carbonyl (C=O) groups excluding carboxylic acids is 1. The van der Waals surface area contributed by atoms with E-state index in [1.54, 1.807) is 0 Å². The van der Waals surface area contributed by atoms with Crippen LogP contribution in [0.15, 0.2) is 0 Å². The van der Waals surface area contributed by atoms with Gasteiger partial charge in [-0.05, 0) is 25.7 Å². The van der Waals surface area contributed by atoms with Gasteiger partial charge in [0.2, 0.25) is 5.91 Å². The molecular weight excluding hydrogens is 218 g/mol. The fraction of sp³-hybridized carbons (Fsp3) is 0.923. The molecule has 1 heterocycles. The van der Waals surface area contributed by atoms with E-state index in [1.807, 2.05) is 4.90 Å². The lowest BCUT2D eigenvalue weighted by Crippen LogP contribution is -2.40. The normalized spacial score (nSPS) is 17.4. The van der Waals surface area contributed by atoms with Crippen LogP contribution in [0.25, 0.3) is 0 Å². The molecule has 0 radical (unpaired) electrons. The van der Waals surface area contributed by atoms with Crippen LogP contribution in [-0.2, 0) is 9.53 Å². The Morgan fingerprint density at radius 2 is 2.06 bits per heavy atom. The van der Waals surface area contributed by atoms with Crippen molar-refractivity contribution >= 4 is 5.91 Å². The third kappa shape index (κ3) is 5.50. The summed E-state index contributed by atoms with van der Waals surface area (Å²) in [4.78, 5) is 13.7. The summed E-state index contributed by atoms with van der Waals surface area (Å²) >= 11 is 0. The third-order valence-electron chi connectivity index (χ3n) is 3.19. The first-order chi connectivity index (χ1) is 8.27. The molecule has 0 aromatic rings. The average Bonchev–Trinajstić information content (AvgIpc) is 2.37. The largest absolute Gasteiger partial charge is 0.396 e. The molecule has 1 amide bonds. The topological polar surface area (TPSA) is 49.8 Å². The van der Waals surface area contributed by atoms with Crippen molar-refractivity contribution in [1.29, 1.82) is 0 Å². The second kappa shape index (κ2) is 8.48. The Kier molecular flexibility index (Phi) is 7.21. The van der Waals surface area contributed by atoms with Crippen LogP contribution >= 0.6 is 0 Å². The van der Waals surface area contributed by atoms with E-state index in [0.717, 1.165) is 38.8 Å². The highest BCUT2D eigenvalue weighted by Crippen LogP contribution is 2.15. The van der Waals surface area contributed by atoms with Gasteiger partial charge in [-0.1, -0.05) is 13.3 Å². The molecule has 0 spiro atoms. The molecule has 1 saturated heterocycles. The molecule has 1 fully saturated rings. The summed E-state index contributed by atoms with van der Waals surface area (Å²) < 4.78 is 5.63. The molecule has 17 heavy (non-hydrogen) atoms. The Hall–Kier alpha value is -0.610. The van der Waals surface area contributed by atoms with E-state index >= 15 is 0 Å². The fourth-order valence-corrected chi connectivity index (χ4v) is 2.07. The number of aliphatic hydroxyl groups is 1. The molecule has 0 atom stereocenters. The van der Waals surface area contributed by atoms with Gasteiger partial charge in [0.15, 0.2) is 0 Å². The lowest BCUT2D eigenvalue weighted by Gasteiger charge is -2.32. The number of hydrogen-bond acceptors (Lipinski definition) is 3. The predicted octanol–water partition coefficient (Wildman–Crippen LogP) is 1.57. The monoisotopic (exact) mass is 243 g/mol. The maximum Gasteiger partial charge on any atom is 0.222 e. The fourth-order valence-electron chi connectivity index (χ4n) is 2.07. The van der Waals surface area contributed by atoms with Gasteiger partial charge >= 0.3 is 0 Å². The highest BCUT2D eigenvalue weighted by atomic mass is 16.5. The quantitative estimate of drug-likeness (QED) is 0.690. The minimum absolute atomic E-state index is 0.189. The van der Waals surface area contributed by atoms with Gasteiger partial charge in [0.25, 0.3) is 0 Å². The van der Waals surface area contributed by atoms with Crippen LogP contribution in [0.3, 0.4) is 0 Å². The van der Waals surface area contributed by atoms with Gasteiger partial charge in [-0.25, -0.2) is 0 Å². The SMILES string of the molecule is CCCCC(=O)N1CCC(OCCCO)CC1. The van der Waals surface area contributed by atoms with Gasteiger partial charge in [-0.3, -0.25) is 4.79 Å². The molecule has 0 bridgehead atoms. The van der Waals surface area contributed by atoms with Crippen molar-refractivity contribution in [2.45, 2.75) is 51.6 Å². The van der Waals surface area contributed by atoms with Crippen LogP contribution in [0.5, 0.6) is 0 Å². The molecule has 0 aromatic carbocycles. The Morgan fingerprint density at radius 3 is 2.65 bits per heavy atom. The summed E-state index contributed by atoms with van der Waals surface area (Å²) in [6.07, 6.45) is 5.60. The summed E-state index contributed by atoms with van der Waals surface area (Å²) in [6, 6.07) is 0. The number of rotatable bonds is 7. The van der Waals surface area contributed by atoms with E-state index < -0.39 is 0 Å². The number of ether oxygens (including phenoxy) is 1. The number of aliphatic hydroxyl groups excluding tert-OH is 1. The van der Waals surface area contributed by atoms with Crippen molar-refractivity contribution in [2.24, 2.45) is 0 Å². The molecule has 1 aliphatic rings. The van der Waals surface area contributed by atoms with Crippen LogP contribution in [0, 0.1) is 0 Å². The molecule has 0 aromatic heterocycles. The lowest BCUT2D eigenvalue weighted by molar-refractivity contribution is -0.134. The lowest BCUT2D eigenvalue weighted by atomic mass is 10.1. The Morgan fingerprint density at radius 1 is 1.35 bits per heavy atom. The van der Waals surface area contributed by atoms with Crippen molar-refractivity contribution in [3.05, 3.63) is 0 Å². The number of hydrogen-bond donors (Lipinski definition) is 1. The maximum absolute atomic E-state index is 11.8. The molecule has 1 N–H and O–H groups in total. The smallest absolute Gasteiger partial charge is 0.222 e. The van der Waals surface area contributed by atoms with E-state index in [9.17, 15) is 4.79 Å². The van der Waals surface area contributed by atoms with E-state index in [0.29, 0.717) is 25.4 Å². The molecule has 1 rings (SSSR count). The van der Waals surface area contributed by atoms with Crippen LogP contribution in [0.1, 0.15) is 45.4 Å². The number of carbonyl (C=O) groups is 1. The zero-order valence-electron chi connectivity index (χ0n) is 10.9. The first-order valence-electron chi connectivity index (χ1n) is 6.78. The third-order valence-corrected chi connectivity index (χ3v) is 3.19. The standard InChI is InChI=1S/C13H25NO3/c1-2-3-5-13(16)14-8-6-12(7-9-14)17-11-4-10-15/h12,15H,2-11H2,1H3. The highest BCUT2D eigenvalue weighted by molar-refractivity contribution is 5.76. The number of nitrogens with zero attached hydrogens (tertiary/aromatic N) is 1. The first-order valence-corrected chi connectivity index (χ1v) is 6.78.